The summed E-state index contributed by atoms with van der Waals surface area (Å²) in [7, 11) is 0. The van der Waals surface area contributed by atoms with Crippen LogP contribution in [0.3, 0.4) is 0 Å². The highest BCUT2D eigenvalue weighted by atomic mass is 16.5. The summed E-state index contributed by atoms with van der Waals surface area (Å²) in [5.74, 6) is 1.55. The fourth-order valence-corrected chi connectivity index (χ4v) is 7.62. The van der Waals surface area contributed by atoms with Gasteiger partial charge in [-0.15, -0.1) is 0 Å². The van der Waals surface area contributed by atoms with Gasteiger partial charge in [0, 0.05) is 31.2 Å². The minimum Gasteiger partial charge on any atom is -0.462 e. The Balaban J connectivity index is 1.45. The zero-order chi connectivity index (χ0) is 22.5. The topological polar surface area (TPSA) is 71.8 Å². The molecule has 4 aliphatic rings. The normalized spacial score (nSPS) is 40.9. The Morgan fingerprint density at radius 1 is 1.16 bits per heavy atom. The first kappa shape index (κ1) is 21.4. The largest absolute Gasteiger partial charge is 0.462 e. The monoisotopic (exact) mass is 434 g/mol. The molecule has 0 spiro atoms. The molecule has 6 atom stereocenters. The number of ether oxygens (including phenoxy) is 1. The van der Waals surface area contributed by atoms with Crippen LogP contribution >= 0.6 is 0 Å². The maximum absolute atomic E-state index is 11.5. The average Bonchev–Trinajstić information content (AvgIpc) is 3.05. The first-order valence-electron chi connectivity index (χ1n) is 12.1. The number of carbonyl (C=O) groups is 1. The van der Waals surface area contributed by atoms with Crippen LogP contribution in [0.15, 0.2) is 46.9 Å². The smallest absolute Gasteiger partial charge is 0.302 e. The average molecular weight is 435 g/mol. The minimum atomic E-state index is -0.170. The molecule has 1 N–H and O–H groups in total. The molecule has 1 heterocycles. The van der Waals surface area contributed by atoms with Gasteiger partial charge in [-0.25, -0.2) is 0 Å². The van der Waals surface area contributed by atoms with Crippen molar-refractivity contribution in [3.8, 4) is 0 Å². The van der Waals surface area contributed by atoms with Gasteiger partial charge in [0.2, 0.25) is 0 Å². The van der Waals surface area contributed by atoms with Crippen molar-refractivity contribution in [2.24, 2.45) is 33.7 Å². The molecule has 0 amide bonds. The van der Waals surface area contributed by atoms with E-state index in [1.807, 2.05) is 24.5 Å². The Hall–Kier alpha value is -2.43. The highest BCUT2D eigenvalue weighted by molar-refractivity contribution is 6.09. The number of pyridine rings is 1. The highest BCUT2D eigenvalue weighted by Gasteiger charge is 2.59. The van der Waals surface area contributed by atoms with Gasteiger partial charge >= 0.3 is 5.97 Å². The van der Waals surface area contributed by atoms with Gasteiger partial charge in [-0.1, -0.05) is 30.7 Å². The molecule has 170 valence electrons. The van der Waals surface area contributed by atoms with Gasteiger partial charge in [0.1, 0.15) is 6.10 Å². The fraction of sp³-hybridized carbons (Fsp3) is 0.593. The van der Waals surface area contributed by atoms with E-state index < -0.39 is 0 Å². The van der Waals surface area contributed by atoms with E-state index in [-0.39, 0.29) is 22.9 Å². The number of rotatable bonds is 2. The molecule has 5 heteroatoms. The SMILES string of the molecule is CC(=O)O[C@H]1CC[C@@]2(C)C(=CC[C@@H]3[C@@H]2CC[C@]2(C)C(=N/O)/C(=C/c4ccncc4)C[C@@H]32)C1. The summed E-state index contributed by atoms with van der Waals surface area (Å²) in [6, 6.07) is 4.01. The van der Waals surface area contributed by atoms with Crippen LogP contribution in [-0.4, -0.2) is 28.0 Å². The molecule has 4 aliphatic carbocycles. The van der Waals surface area contributed by atoms with Crippen molar-refractivity contribution in [2.45, 2.75) is 71.8 Å². The minimum absolute atomic E-state index is 0.0340. The van der Waals surface area contributed by atoms with E-state index in [2.05, 4.69) is 36.1 Å². The number of esters is 1. The van der Waals surface area contributed by atoms with Crippen LogP contribution in [0.5, 0.6) is 0 Å². The third-order valence-corrected chi connectivity index (χ3v) is 9.21. The highest BCUT2D eigenvalue weighted by Crippen LogP contribution is 2.65. The molecule has 3 fully saturated rings. The number of carbonyl (C=O) groups excluding carboxylic acids is 1. The van der Waals surface area contributed by atoms with E-state index in [0.29, 0.717) is 17.8 Å². The Morgan fingerprint density at radius 3 is 2.62 bits per heavy atom. The van der Waals surface area contributed by atoms with E-state index in [4.69, 9.17) is 4.74 Å². The second kappa shape index (κ2) is 7.86. The second-order valence-electron chi connectivity index (χ2n) is 10.8. The van der Waals surface area contributed by atoms with Crippen molar-refractivity contribution in [1.82, 2.24) is 4.98 Å². The molecular formula is C27H34N2O3. The number of allylic oxidation sites excluding steroid dienone is 2. The molecule has 5 nitrogen and oxygen atoms in total. The number of hydrogen-bond donors (Lipinski definition) is 1. The number of hydrogen-bond acceptors (Lipinski definition) is 5. The van der Waals surface area contributed by atoms with Gasteiger partial charge in [-0.3, -0.25) is 9.78 Å². The summed E-state index contributed by atoms with van der Waals surface area (Å²) in [6.45, 7) is 6.28. The van der Waals surface area contributed by atoms with Crippen LogP contribution in [0.2, 0.25) is 0 Å². The zero-order valence-corrected chi connectivity index (χ0v) is 19.4. The molecule has 0 aliphatic heterocycles. The van der Waals surface area contributed by atoms with Crippen LogP contribution in [0.25, 0.3) is 6.08 Å². The standard InChI is InChI=1S/C27H34N2O3/c1-17(30)32-21-6-10-26(2)20(16-21)4-5-22-23(26)7-11-27(3)24(22)15-19(25(27)29-31)14-18-8-12-28-13-9-18/h4,8-9,12-14,21-24,31H,5-7,10-11,15-16H2,1-3H3/b19-14+,29-25+/t21-,22+,23-,24-,26-,27-/m0/s1. The Kier molecular flexibility index (Phi) is 5.26. The molecule has 0 bridgehead atoms. The lowest BCUT2D eigenvalue weighted by Crippen LogP contribution is -2.50. The van der Waals surface area contributed by atoms with Crippen molar-refractivity contribution in [3.05, 3.63) is 47.3 Å². The third kappa shape index (κ3) is 3.32. The van der Waals surface area contributed by atoms with E-state index in [1.54, 1.807) is 0 Å². The van der Waals surface area contributed by atoms with Crippen molar-refractivity contribution in [3.63, 3.8) is 0 Å². The van der Waals surface area contributed by atoms with E-state index >= 15 is 0 Å². The van der Waals surface area contributed by atoms with Gasteiger partial charge in [0.15, 0.2) is 0 Å². The maximum Gasteiger partial charge on any atom is 0.302 e. The molecular weight excluding hydrogens is 400 g/mol. The molecule has 3 saturated carbocycles. The van der Waals surface area contributed by atoms with Gasteiger partial charge in [0.05, 0.1) is 5.71 Å². The van der Waals surface area contributed by atoms with E-state index in [1.165, 1.54) is 18.1 Å². The van der Waals surface area contributed by atoms with Crippen LogP contribution in [0.4, 0.5) is 0 Å². The molecule has 0 radical (unpaired) electrons. The first-order chi connectivity index (χ1) is 15.3. The predicted octanol–water partition coefficient (Wildman–Crippen LogP) is 5.80. The maximum atomic E-state index is 11.5. The Bertz CT molecular complexity index is 997. The zero-order valence-electron chi connectivity index (χ0n) is 19.4. The Morgan fingerprint density at radius 2 is 1.91 bits per heavy atom. The first-order valence-corrected chi connectivity index (χ1v) is 12.1. The van der Waals surface area contributed by atoms with Crippen LogP contribution in [-0.2, 0) is 9.53 Å². The number of aromatic nitrogens is 1. The van der Waals surface area contributed by atoms with E-state index in [9.17, 15) is 10.0 Å². The molecule has 32 heavy (non-hydrogen) atoms. The molecule has 5 rings (SSSR count). The lowest BCUT2D eigenvalue weighted by molar-refractivity contribution is -0.148. The van der Waals surface area contributed by atoms with Crippen molar-refractivity contribution in [1.29, 1.82) is 0 Å². The number of fused-ring (bicyclic) bond motifs is 5. The fourth-order valence-electron chi connectivity index (χ4n) is 7.62. The number of oxime groups is 1. The molecule has 0 unspecified atom stereocenters. The predicted molar refractivity (Wildman–Crippen MR) is 124 cm³/mol. The van der Waals surface area contributed by atoms with Gasteiger partial charge in [-0.05, 0) is 91.0 Å². The van der Waals surface area contributed by atoms with Crippen LogP contribution in [0, 0.1) is 28.6 Å². The Labute approximate surface area is 190 Å². The summed E-state index contributed by atoms with van der Waals surface area (Å²) in [5.41, 5.74) is 4.78. The van der Waals surface area contributed by atoms with Gasteiger partial charge < -0.3 is 9.94 Å². The summed E-state index contributed by atoms with van der Waals surface area (Å²) < 4.78 is 5.57. The lowest BCUT2D eigenvalue weighted by atomic mass is 9.48. The summed E-state index contributed by atoms with van der Waals surface area (Å²) >= 11 is 0. The van der Waals surface area contributed by atoms with Crippen LogP contribution in [0.1, 0.15) is 71.3 Å². The van der Waals surface area contributed by atoms with Crippen molar-refractivity contribution in [2.75, 3.05) is 0 Å². The summed E-state index contributed by atoms with van der Waals surface area (Å²) in [6.07, 6.45) is 15.5. The molecule has 0 saturated heterocycles. The van der Waals surface area contributed by atoms with Crippen LogP contribution < -0.4 is 0 Å². The van der Waals surface area contributed by atoms with E-state index in [0.717, 1.165) is 56.2 Å². The van der Waals surface area contributed by atoms with Gasteiger partial charge in [-0.2, -0.15) is 0 Å². The quantitative estimate of drug-likeness (QED) is 0.276. The third-order valence-electron chi connectivity index (χ3n) is 9.21. The second-order valence-corrected chi connectivity index (χ2v) is 10.8. The van der Waals surface area contributed by atoms with Crippen molar-refractivity contribution >= 4 is 17.8 Å². The number of nitrogens with zero attached hydrogens (tertiary/aromatic N) is 2. The van der Waals surface area contributed by atoms with Gasteiger partial charge in [0.25, 0.3) is 0 Å². The lowest BCUT2D eigenvalue weighted by Gasteiger charge is -2.57. The molecule has 1 aromatic heterocycles. The molecule has 0 aromatic carbocycles. The summed E-state index contributed by atoms with van der Waals surface area (Å²) in [5, 5.41) is 13.9. The molecule has 1 aromatic rings. The summed E-state index contributed by atoms with van der Waals surface area (Å²) in [4.78, 5) is 15.6. The van der Waals surface area contributed by atoms with Crippen molar-refractivity contribution < 1.29 is 14.7 Å².